The van der Waals surface area contributed by atoms with Gasteiger partial charge in [0, 0.05) is 13.6 Å². The second-order valence-electron chi connectivity index (χ2n) is 4.66. The van der Waals surface area contributed by atoms with Crippen LogP contribution in [0.5, 0.6) is 0 Å². The molecule has 0 unspecified atom stereocenters. The molecule has 0 radical (unpaired) electrons. The molecule has 0 bridgehead atoms. The Balaban J connectivity index is 2.22. The second kappa shape index (κ2) is 6.09. The summed E-state index contributed by atoms with van der Waals surface area (Å²) >= 11 is 1.18. The van der Waals surface area contributed by atoms with Crippen LogP contribution in [0.2, 0.25) is 0 Å². The highest BCUT2D eigenvalue weighted by molar-refractivity contribution is 7.18. The van der Waals surface area contributed by atoms with Crippen molar-refractivity contribution in [3.8, 4) is 0 Å². The lowest BCUT2D eigenvalue weighted by atomic mass is 10.2. The molecular weight excluding hydrogens is 291 g/mol. The van der Waals surface area contributed by atoms with E-state index in [9.17, 15) is 9.18 Å². The molecule has 2 aromatic rings. The minimum atomic E-state index is -0.475. The first kappa shape index (κ1) is 15.2. The summed E-state index contributed by atoms with van der Waals surface area (Å²) in [6.07, 6.45) is 0. The van der Waals surface area contributed by atoms with Crippen molar-refractivity contribution in [1.29, 1.82) is 0 Å². The number of hydrogen-bond acceptors (Lipinski definition) is 5. The normalized spacial score (nSPS) is 10.5. The summed E-state index contributed by atoms with van der Waals surface area (Å²) in [5.41, 5.74) is 6.68. The zero-order chi connectivity index (χ0) is 15.6. The number of aryl methyl sites for hydroxylation is 1. The van der Waals surface area contributed by atoms with Gasteiger partial charge >= 0.3 is 0 Å². The van der Waals surface area contributed by atoms with Crippen LogP contribution < -0.4 is 16.0 Å². The van der Waals surface area contributed by atoms with Crippen LogP contribution in [0, 0.1) is 12.7 Å². The molecule has 0 saturated heterocycles. The maximum Gasteiger partial charge on any atom is 0.269 e. The summed E-state index contributed by atoms with van der Waals surface area (Å²) in [5, 5.41) is 3.18. The van der Waals surface area contributed by atoms with E-state index in [1.807, 2.05) is 18.9 Å². The van der Waals surface area contributed by atoms with Gasteiger partial charge in [-0.2, -0.15) is 0 Å². The maximum atomic E-state index is 13.7. The van der Waals surface area contributed by atoms with E-state index in [0.29, 0.717) is 5.13 Å². The molecule has 0 aliphatic carbocycles. The Kier molecular flexibility index (Phi) is 4.42. The number of anilines is 3. The van der Waals surface area contributed by atoms with E-state index in [4.69, 9.17) is 5.73 Å². The number of amides is 1. The van der Waals surface area contributed by atoms with Crippen LogP contribution in [0.1, 0.15) is 22.2 Å². The number of nitrogens with zero attached hydrogens (tertiary/aromatic N) is 2. The maximum absolute atomic E-state index is 13.7. The first-order chi connectivity index (χ1) is 9.92. The molecule has 3 N–H and O–H groups in total. The van der Waals surface area contributed by atoms with Gasteiger partial charge in [-0.3, -0.25) is 4.79 Å². The first-order valence-electron chi connectivity index (χ1n) is 6.47. The Bertz CT molecular complexity index is 671. The summed E-state index contributed by atoms with van der Waals surface area (Å²) in [6.45, 7) is 4.50. The number of halogens is 1. The van der Waals surface area contributed by atoms with Crippen molar-refractivity contribution in [2.75, 3.05) is 29.5 Å². The van der Waals surface area contributed by atoms with E-state index in [1.165, 1.54) is 23.5 Å². The summed E-state index contributed by atoms with van der Waals surface area (Å²) in [4.78, 5) is 18.5. The molecule has 1 aromatic heterocycles. The van der Waals surface area contributed by atoms with Crippen LogP contribution in [-0.4, -0.2) is 24.5 Å². The van der Waals surface area contributed by atoms with Gasteiger partial charge in [-0.15, -0.1) is 0 Å². The predicted molar refractivity (Wildman–Crippen MR) is 84.6 cm³/mol. The SMILES string of the molecule is CCN(C)c1nc(N)c(C(=O)Nc2ccc(C)cc2F)s1. The van der Waals surface area contributed by atoms with Crippen molar-refractivity contribution in [2.45, 2.75) is 13.8 Å². The van der Waals surface area contributed by atoms with Gasteiger partial charge in [-0.25, -0.2) is 9.37 Å². The van der Waals surface area contributed by atoms with Crippen molar-refractivity contribution in [1.82, 2.24) is 4.98 Å². The number of hydrogen-bond donors (Lipinski definition) is 2. The zero-order valence-corrected chi connectivity index (χ0v) is 12.9. The van der Waals surface area contributed by atoms with E-state index >= 15 is 0 Å². The summed E-state index contributed by atoms with van der Waals surface area (Å²) in [5.74, 6) is -0.777. The number of thiazole rings is 1. The fraction of sp³-hybridized carbons (Fsp3) is 0.286. The standard InChI is InChI=1S/C14H17FN4OS/c1-4-19(3)14-18-12(16)11(21-14)13(20)17-10-6-5-8(2)7-9(10)15/h5-7H,4,16H2,1-3H3,(H,17,20). The number of aromatic nitrogens is 1. The Morgan fingerprint density at radius 2 is 2.24 bits per heavy atom. The molecule has 21 heavy (non-hydrogen) atoms. The number of rotatable bonds is 4. The van der Waals surface area contributed by atoms with Crippen molar-refractivity contribution in [3.05, 3.63) is 34.5 Å². The number of carbonyl (C=O) groups is 1. The number of nitrogens with two attached hydrogens (primary N) is 1. The third kappa shape index (κ3) is 3.30. The van der Waals surface area contributed by atoms with Crippen molar-refractivity contribution in [3.63, 3.8) is 0 Å². The van der Waals surface area contributed by atoms with E-state index < -0.39 is 11.7 Å². The first-order valence-corrected chi connectivity index (χ1v) is 7.29. The molecule has 0 fully saturated rings. The zero-order valence-electron chi connectivity index (χ0n) is 12.1. The molecule has 2 rings (SSSR count). The van der Waals surface area contributed by atoms with Gasteiger partial charge in [-0.05, 0) is 31.5 Å². The molecule has 5 nitrogen and oxygen atoms in total. The van der Waals surface area contributed by atoms with E-state index in [1.54, 1.807) is 13.0 Å². The highest BCUT2D eigenvalue weighted by Gasteiger charge is 2.18. The molecule has 0 atom stereocenters. The molecule has 112 valence electrons. The van der Waals surface area contributed by atoms with Gasteiger partial charge in [0.05, 0.1) is 5.69 Å². The summed E-state index contributed by atoms with van der Waals surface area (Å²) in [6, 6.07) is 4.62. The second-order valence-corrected chi connectivity index (χ2v) is 5.64. The molecular formula is C14H17FN4OS. The van der Waals surface area contributed by atoms with Gasteiger partial charge in [0.15, 0.2) is 5.13 Å². The molecule has 1 amide bonds. The lowest BCUT2D eigenvalue weighted by Gasteiger charge is -2.10. The minimum Gasteiger partial charge on any atom is -0.382 e. The van der Waals surface area contributed by atoms with E-state index in [2.05, 4.69) is 10.3 Å². The topological polar surface area (TPSA) is 71.2 Å². The van der Waals surface area contributed by atoms with Crippen LogP contribution in [0.3, 0.4) is 0 Å². The van der Waals surface area contributed by atoms with Crippen LogP contribution in [0.4, 0.5) is 21.0 Å². The van der Waals surface area contributed by atoms with Crippen LogP contribution in [0.25, 0.3) is 0 Å². The van der Waals surface area contributed by atoms with Crippen molar-refractivity contribution in [2.24, 2.45) is 0 Å². The molecule has 0 aliphatic rings. The molecule has 1 aromatic carbocycles. The lowest BCUT2D eigenvalue weighted by molar-refractivity contribution is 0.103. The van der Waals surface area contributed by atoms with Gasteiger partial charge in [0.2, 0.25) is 0 Å². The number of benzene rings is 1. The van der Waals surface area contributed by atoms with Crippen molar-refractivity contribution < 1.29 is 9.18 Å². The van der Waals surface area contributed by atoms with Gasteiger partial charge in [0.1, 0.15) is 16.5 Å². The molecule has 0 saturated carbocycles. The Morgan fingerprint density at radius 1 is 1.52 bits per heavy atom. The van der Waals surface area contributed by atoms with E-state index in [0.717, 1.165) is 12.1 Å². The average molecular weight is 308 g/mol. The fourth-order valence-corrected chi connectivity index (χ4v) is 2.59. The minimum absolute atomic E-state index is 0.129. The third-order valence-corrected chi connectivity index (χ3v) is 4.21. The Hall–Kier alpha value is -2.15. The largest absolute Gasteiger partial charge is 0.382 e. The molecule has 0 spiro atoms. The summed E-state index contributed by atoms with van der Waals surface area (Å²) < 4.78 is 13.7. The van der Waals surface area contributed by atoms with Gasteiger partial charge in [-0.1, -0.05) is 17.4 Å². The molecule has 1 heterocycles. The third-order valence-electron chi connectivity index (χ3n) is 3.02. The van der Waals surface area contributed by atoms with Gasteiger partial charge in [0.25, 0.3) is 5.91 Å². The molecule has 7 heteroatoms. The predicted octanol–water partition coefficient (Wildman–Crippen LogP) is 2.88. The van der Waals surface area contributed by atoms with Crippen LogP contribution in [-0.2, 0) is 0 Å². The smallest absolute Gasteiger partial charge is 0.269 e. The van der Waals surface area contributed by atoms with Crippen molar-refractivity contribution >= 4 is 33.9 Å². The van der Waals surface area contributed by atoms with Crippen LogP contribution in [0.15, 0.2) is 18.2 Å². The van der Waals surface area contributed by atoms with Crippen LogP contribution >= 0.6 is 11.3 Å². The number of nitrogen functional groups attached to an aromatic ring is 1. The highest BCUT2D eigenvalue weighted by Crippen LogP contribution is 2.28. The average Bonchev–Trinajstić information content (AvgIpc) is 2.83. The summed E-state index contributed by atoms with van der Waals surface area (Å²) in [7, 11) is 1.86. The fourth-order valence-electron chi connectivity index (χ4n) is 1.68. The lowest BCUT2D eigenvalue weighted by Crippen LogP contribution is -2.15. The van der Waals surface area contributed by atoms with E-state index in [-0.39, 0.29) is 16.4 Å². The highest BCUT2D eigenvalue weighted by atomic mass is 32.1. The number of nitrogens with one attached hydrogen (secondary N) is 1. The Labute approximate surface area is 126 Å². The Morgan fingerprint density at radius 3 is 2.86 bits per heavy atom. The molecule has 0 aliphatic heterocycles. The monoisotopic (exact) mass is 308 g/mol. The van der Waals surface area contributed by atoms with Gasteiger partial charge < -0.3 is 16.0 Å². The quantitative estimate of drug-likeness (QED) is 0.911. The number of carbonyl (C=O) groups excluding carboxylic acids is 1.